The third-order valence-electron chi connectivity index (χ3n) is 3.46. The fourth-order valence-electron chi connectivity index (χ4n) is 2.53. The Bertz CT molecular complexity index is 551. The lowest BCUT2D eigenvalue weighted by molar-refractivity contribution is 0.362. The first-order valence-corrected chi connectivity index (χ1v) is 6.57. The molecule has 1 heterocycles. The van der Waals surface area contributed by atoms with Crippen LogP contribution in [0.3, 0.4) is 0 Å². The highest BCUT2D eigenvalue weighted by Crippen LogP contribution is 2.32. The third-order valence-corrected chi connectivity index (χ3v) is 3.46. The van der Waals surface area contributed by atoms with Crippen molar-refractivity contribution in [2.24, 2.45) is 0 Å². The van der Waals surface area contributed by atoms with Gasteiger partial charge in [0.05, 0.1) is 6.54 Å². The Morgan fingerprint density at radius 2 is 2.05 bits per heavy atom. The lowest BCUT2D eigenvalue weighted by Crippen LogP contribution is -2.12. The molecule has 3 rings (SSSR count). The standard InChI is InChI=1S/C15H17N3O/c1-2-7-16-10-14-17-15(18-19-14)13-8-11-5-3-4-6-12(11)9-13/h2-6,13,16H,1,7-10H2. The SMILES string of the molecule is C=CCNCc1nc(C2Cc3ccccc3C2)no1. The molecule has 2 aromatic rings. The summed E-state index contributed by atoms with van der Waals surface area (Å²) < 4.78 is 5.26. The van der Waals surface area contributed by atoms with Crippen molar-refractivity contribution < 1.29 is 4.52 Å². The maximum atomic E-state index is 5.26. The minimum absolute atomic E-state index is 0.356. The number of hydrogen-bond donors (Lipinski definition) is 1. The largest absolute Gasteiger partial charge is 0.338 e. The Morgan fingerprint density at radius 1 is 1.32 bits per heavy atom. The van der Waals surface area contributed by atoms with Crippen molar-refractivity contribution >= 4 is 0 Å². The van der Waals surface area contributed by atoms with E-state index in [0.717, 1.165) is 25.2 Å². The number of fused-ring (bicyclic) bond motifs is 1. The predicted molar refractivity (Wildman–Crippen MR) is 72.8 cm³/mol. The van der Waals surface area contributed by atoms with Crippen LogP contribution in [0, 0.1) is 0 Å². The van der Waals surface area contributed by atoms with E-state index in [1.54, 1.807) is 0 Å². The van der Waals surface area contributed by atoms with E-state index in [1.807, 2.05) is 6.08 Å². The van der Waals surface area contributed by atoms with E-state index in [-0.39, 0.29) is 0 Å². The summed E-state index contributed by atoms with van der Waals surface area (Å²) in [6.45, 7) is 4.99. The Balaban J connectivity index is 1.66. The van der Waals surface area contributed by atoms with Crippen LogP contribution >= 0.6 is 0 Å². The molecule has 98 valence electrons. The smallest absolute Gasteiger partial charge is 0.240 e. The molecular weight excluding hydrogens is 238 g/mol. The van der Waals surface area contributed by atoms with Gasteiger partial charge in [-0.15, -0.1) is 6.58 Å². The normalized spacial score (nSPS) is 14.5. The molecule has 1 N–H and O–H groups in total. The van der Waals surface area contributed by atoms with E-state index < -0.39 is 0 Å². The zero-order valence-electron chi connectivity index (χ0n) is 10.8. The summed E-state index contributed by atoms with van der Waals surface area (Å²) in [6, 6.07) is 8.54. The van der Waals surface area contributed by atoms with Gasteiger partial charge in [0.1, 0.15) is 0 Å². The number of rotatable bonds is 5. The molecule has 0 bridgehead atoms. The number of nitrogens with zero attached hydrogens (tertiary/aromatic N) is 2. The molecule has 0 saturated heterocycles. The molecule has 0 fully saturated rings. The minimum Gasteiger partial charge on any atom is -0.338 e. The van der Waals surface area contributed by atoms with Crippen LogP contribution in [0.2, 0.25) is 0 Å². The van der Waals surface area contributed by atoms with Crippen LogP contribution in [-0.2, 0) is 19.4 Å². The molecule has 0 radical (unpaired) electrons. The quantitative estimate of drug-likeness (QED) is 0.657. The predicted octanol–water partition coefficient (Wildman–Crippen LogP) is 2.23. The van der Waals surface area contributed by atoms with Crippen molar-refractivity contribution in [3.05, 3.63) is 59.8 Å². The lowest BCUT2D eigenvalue weighted by atomic mass is 10.1. The van der Waals surface area contributed by atoms with Crippen molar-refractivity contribution in [3.8, 4) is 0 Å². The molecule has 4 nitrogen and oxygen atoms in total. The summed E-state index contributed by atoms with van der Waals surface area (Å²) in [5.74, 6) is 1.83. The van der Waals surface area contributed by atoms with E-state index in [9.17, 15) is 0 Å². The van der Waals surface area contributed by atoms with E-state index in [0.29, 0.717) is 18.4 Å². The van der Waals surface area contributed by atoms with Crippen LogP contribution in [0.5, 0.6) is 0 Å². The molecule has 0 aliphatic heterocycles. The number of hydrogen-bond acceptors (Lipinski definition) is 4. The van der Waals surface area contributed by atoms with Crippen molar-refractivity contribution in [1.82, 2.24) is 15.5 Å². The van der Waals surface area contributed by atoms with Gasteiger partial charge in [0.25, 0.3) is 0 Å². The van der Waals surface area contributed by atoms with Crippen molar-refractivity contribution in [2.75, 3.05) is 6.54 Å². The van der Waals surface area contributed by atoms with Gasteiger partial charge in [-0.3, -0.25) is 0 Å². The average Bonchev–Trinajstić information content (AvgIpc) is 3.04. The third kappa shape index (κ3) is 2.58. The first-order valence-electron chi connectivity index (χ1n) is 6.57. The van der Waals surface area contributed by atoms with E-state index in [1.165, 1.54) is 11.1 Å². The Labute approximate surface area is 112 Å². The second-order valence-corrected chi connectivity index (χ2v) is 4.84. The second kappa shape index (κ2) is 5.36. The number of nitrogens with one attached hydrogen (secondary N) is 1. The molecule has 1 aliphatic carbocycles. The van der Waals surface area contributed by atoms with Gasteiger partial charge in [-0.2, -0.15) is 4.98 Å². The molecule has 0 saturated carbocycles. The zero-order chi connectivity index (χ0) is 13.1. The number of aromatic nitrogens is 2. The van der Waals surface area contributed by atoms with Gasteiger partial charge >= 0.3 is 0 Å². The van der Waals surface area contributed by atoms with Gasteiger partial charge in [-0.05, 0) is 24.0 Å². The van der Waals surface area contributed by atoms with Gasteiger partial charge in [0, 0.05) is 12.5 Å². The van der Waals surface area contributed by atoms with Crippen molar-refractivity contribution in [2.45, 2.75) is 25.3 Å². The molecule has 0 atom stereocenters. The summed E-state index contributed by atoms with van der Waals surface area (Å²) in [6.07, 6.45) is 3.83. The van der Waals surface area contributed by atoms with Gasteiger partial charge in [-0.25, -0.2) is 0 Å². The molecule has 0 unspecified atom stereocenters. The minimum atomic E-state index is 0.356. The van der Waals surface area contributed by atoms with Crippen molar-refractivity contribution in [3.63, 3.8) is 0 Å². The molecule has 0 spiro atoms. The molecule has 19 heavy (non-hydrogen) atoms. The van der Waals surface area contributed by atoms with E-state index >= 15 is 0 Å². The first kappa shape index (κ1) is 12.1. The summed E-state index contributed by atoms with van der Waals surface area (Å²) in [5.41, 5.74) is 2.81. The van der Waals surface area contributed by atoms with Gasteiger partial charge in [0.15, 0.2) is 5.82 Å². The zero-order valence-corrected chi connectivity index (χ0v) is 10.8. The summed E-state index contributed by atoms with van der Waals surface area (Å²) in [7, 11) is 0. The Kier molecular flexibility index (Phi) is 3.42. The maximum absolute atomic E-state index is 5.26. The fourth-order valence-corrected chi connectivity index (χ4v) is 2.53. The van der Waals surface area contributed by atoms with Gasteiger partial charge in [-0.1, -0.05) is 35.5 Å². The summed E-state index contributed by atoms with van der Waals surface area (Å²) in [4.78, 5) is 4.47. The summed E-state index contributed by atoms with van der Waals surface area (Å²) >= 11 is 0. The maximum Gasteiger partial charge on any atom is 0.240 e. The van der Waals surface area contributed by atoms with Crippen LogP contribution < -0.4 is 5.32 Å². The molecule has 4 heteroatoms. The summed E-state index contributed by atoms with van der Waals surface area (Å²) in [5, 5.41) is 7.27. The highest BCUT2D eigenvalue weighted by molar-refractivity contribution is 5.34. The van der Waals surface area contributed by atoms with Crippen molar-refractivity contribution in [1.29, 1.82) is 0 Å². The topological polar surface area (TPSA) is 51.0 Å². The Hall–Kier alpha value is -1.94. The molecule has 1 aliphatic rings. The monoisotopic (exact) mass is 255 g/mol. The molecule has 0 amide bonds. The van der Waals surface area contributed by atoms with Crippen LogP contribution in [0.25, 0.3) is 0 Å². The lowest BCUT2D eigenvalue weighted by Gasteiger charge is -2.00. The van der Waals surface area contributed by atoms with E-state index in [4.69, 9.17) is 4.52 Å². The average molecular weight is 255 g/mol. The van der Waals surface area contributed by atoms with Gasteiger partial charge in [0.2, 0.25) is 5.89 Å². The molecular formula is C15H17N3O. The number of benzene rings is 1. The molecule has 1 aromatic heterocycles. The molecule has 1 aromatic carbocycles. The van der Waals surface area contributed by atoms with E-state index in [2.05, 4.69) is 46.3 Å². The fraction of sp³-hybridized carbons (Fsp3) is 0.333. The Morgan fingerprint density at radius 3 is 2.74 bits per heavy atom. The van der Waals surface area contributed by atoms with Crippen LogP contribution in [-0.4, -0.2) is 16.7 Å². The van der Waals surface area contributed by atoms with Gasteiger partial charge < -0.3 is 9.84 Å². The van der Waals surface area contributed by atoms with Crippen LogP contribution in [0.1, 0.15) is 28.8 Å². The first-order chi connectivity index (χ1) is 9.36. The highest BCUT2D eigenvalue weighted by Gasteiger charge is 2.26. The van der Waals surface area contributed by atoms with Crippen LogP contribution in [0.15, 0.2) is 41.4 Å². The van der Waals surface area contributed by atoms with Crippen LogP contribution in [0.4, 0.5) is 0 Å². The highest BCUT2D eigenvalue weighted by atomic mass is 16.5. The second-order valence-electron chi connectivity index (χ2n) is 4.84.